The highest BCUT2D eigenvalue weighted by Crippen LogP contribution is 2.53. The molecule has 0 radical (unpaired) electrons. The van der Waals surface area contributed by atoms with E-state index >= 15 is 0 Å². The van der Waals surface area contributed by atoms with Gasteiger partial charge in [0.1, 0.15) is 0 Å². The molecule has 12 rings (SSSR count). The van der Waals surface area contributed by atoms with Gasteiger partial charge < -0.3 is 4.90 Å². The van der Waals surface area contributed by atoms with Crippen molar-refractivity contribution in [2.45, 2.75) is 19.3 Å². The Labute approximate surface area is 384 Å². The van der Waals surface area contributed by atoms with Gasteiger partial charge in [-0.25, -0.2) is 0 Å². The van der Waals surface area contributed by atoms with Crippen LogP contribution >= 0.6 is 0 Å². The van der Waals surface area contributed by atoms with Crippen molar-refractivity contribution >= 4 is 60.2 Å². The molecule has 1 aliphatic carbocycles. The van der Waals surface area contributed by atoms with E-state index in [1.165, 1.54) is 98.7 Å². The number of nitriles is 2. The first-order valence-corrected chi connectivity index (χ1v) is 22.4. The fraction of sp³-hybridized carbons (Fsp3) is 0.0476. The molecule has 0 bridgehead atoms. The Balaban J connectivity index is 1.04. The highest BCUT2D eigenvalue weighted by molar-refractivity contribution is 6.25. The summed E-state index contributed by atoms with van der Waals surface area (Å²) in [5.74, 6) is 0. The fourth-order valence-corrected chi connectivity index (χ4v) is 10.7. The molecule has 0 N–H and O–H groups in total. The van der Waals surface area contributed by atoms with Crippen molar-refractivity contribution in [3.63, 3.8) is 0 Å². The number of nitrogens with zero attached hydrogens (tertiary/aromatic N) is 3. The van der Waals surface area contributed by atoms with Crippen LogP contribution < -0.4 is 4.90 Å². The minimum Gasteiger partial charge on any atom is -0.310 e. The lowest BCUT2D eigenvalue weighted by Crippen LogP contribution is -2.16. The Hall–Kier alpha value is -8.76. The topological polar surface area (TPSA) is 50.8 Å². The number of rotatable bonds is 6. The van der Waals surface area contributed by atoms with Crippen molar-refractivity contribution in [1.29, 1.82) is 10.5 Å². The van der Waals surface area contributed by atoms with Crippen LogP contribution in [0.1, 0.15) is 36.1 Å². The molecular weight excluding hydrogens is 799 g/mol. The van der Waals surface area contributed by atoms with Crippen LogP contribution in [0.4, 0.5) is 17.1 Å². The third-order valence-electron chi connectivity index (χ3n) is 13.9. The molecule has 0 saturated carbocycles. The maximum absolute atomic E-state index is 9.57. The van der Waals surface area contributed by atoms with Gasteiger partial charge in [0, 0.05) is 22.5 Å². The Morgan fingerprint density at radius 3 is 1.33 bits per heavy atom. The second kappa shape index (κ2) is 15.2. The largest absolute Gasteiger partial charge is 0.310 e. The molecule has 0 saturated heterocycles. The van der Waals surface area contributed by atoms with Crippen LogP contribution in [0.2, 0.25) is 0 Å². The molecule has 308 valence electrons. The van der Waals surface area contributed by atoms with Gasteiger partial charge in [-0.1, -0.05) is 153 Å². The van der Waals surface area contributed by atoms with E-state index in [1.54, 1.807) is 0 Å². The second-order valence-electron chi connectivity index (χ2n) is 17.9. The summed E-state index contributed by atoms with van der Waals surface area (Å²) in [6.07, 6.45) is 0. The molecule has 0 heterocycles. The van der Waals surface area contributed by atoms with Crippen molar-refractivity contribution in [1.82, 2.24) is 0 Å². The van der Waals surface area contributed by atoms with Crippen molar-refractivity contribution < 1.29 is 0 Å². The first-order chi connectivity index (χ1) is 32.4. The first-order valence-electron chi connectivity index (χ1n) is 22.4. The third-order valence-corrected chi connectivity index (χ3v) is 13.9. The molecular formula is C63H41N3. The SMILES string of the molecule is CC1(C)c2cc(-c3ccc4c(-c5cccc6ccccc56)c5ccccc5c(-c5cccc6ccccc56)c4c3)ccc2-c2ccc(N(c3ccc(C#N)cc3)c3ccc(C#N)cc3)cc21. The number of hydrogen-bond donors (Lipinski definition) is 0. The fourth-order valence-electron chi connectivity index (χ4n) is 10.7. The Morgan fingerprint density at radius 2 is 0.773 bits per heavy atom. The molecule has 3 heteroatoms. The summed E-state index contributed by atoms with van der Waals surface area (Å²) in [7, 11) is 0. The molecule has 11 aromatic rings. The van der Waals surface area contributed by atoms with E-state index in [4.69, 9.17) is 0 Å². The quantitative estimate of drug-likeness (QED) is 0.157. The van der Waals surface area contributed by atoms with Gasteiger partial charge >= 0.3 is 0 Å². The highest BCUT2D eigenvalue weighted by atomic mass is 15.1. The summed E-state index contributed by atoms with van der Waals surface area (Å²) in [5.41, 5.74) is 16.1. The van der Waals surface area contributed by atoms with E-state index in [0.717, 1.165) is 17.1 Å². The summed E-state index contributed by atoms with van der Waals surface area (Å²) in [6, 6.07) is 80.6. The summed E-state index contributed by atoms with van der Waals surface area (Å²) < 4.78 is 0. The van der Waals surface area contributed by atoms with Gasteiger partial charge in [0.25, 0.3) is 0 Å². The number of fused-ring (bicyclic) bond motifs is 7. The van der Waals surface area contributed by atoms with Crippen molar-refractivity contribution in [3.8, 4) is 56.6 Å². The molecule has 11 aromatic carbocycles. The zero-order valence-electron chi connectivity index (χ0n) is 36.5. The van der Waals surface area contributed by atoms with E-state index in [9.17, 15) is 10.5 Å². The first kappa shape index (κ1) is 38.9. The smallest absolute Gasteiger partial charge is 0.0991 e. The van der Waals surface area contributed by atoms with Gasteiger partial charge in [0.15, 0.2) is 0 Å². The average Bonchev–Trinajstić information content (AvgIpc) is 3.60. The molecule has 0 fully saturated rings. The van der Waals surface area contributed by atoms with E-state index in [0.29, 0.717) is 11.1 Å². The van der Waals surface area contributed by atoms with Gasteiger partial charge in [-0.2, -0.15) is 10.5 Å². The molecule has 3 nitrogen and oxygen atoms in total. The minimum atomic E-state index is -0.305. The van der Waals surface area contributed by atoms with E-state index in [1.807, 2.05) is 48.5 Å². The lowest BCUT2D eigenvalue weighted by atomic mass is 9.80. The summed E-state index contributed by atoms with van der Waals surface area (Å²) >= 11 is 0. The van der Waals surface area contributed by atoms with Crippen molar-refractivity contribution in [2.75, 3.05) is 4.90 Å². The second-order valence-corrected chi connectivity index (χ2v) is 17.9. The van der Waals surface area contributed by atoms with E-state index in [2.05, 4.69) is 195 Å². The standard InChI is InChI=1S/C63H41N3/c1-63(2)59-36-45(25-32-51(59)52-34-31-48(37-60(52)63)66(46-27-21-40(38-64)22-28-46)47-29-23-41(39-65)24-30-47)44-26-33-57-58(35-44)62(54-20-10-14-43-12-4-6-16-50(43)54)56-18-8-7-17-55(56)61(57)53-19-9-13-42-11-3-5-15-49(42)53/h3-37H,1-2H3. The van der Waals surface area contributed by atoms with E-state index in [-0.39, 0.29) is 5.41 Å². The number of anilines is 3. The Morgan fingerprint density at radius 1 is 0.348 bits per heavy atom. The average molecular weight is 840 g/mol. The van der Waals surface area contributed by atoms with Crippen LogP contribution in [0.5, 0.6) is 0 Å². The monoisotopic (exact) mass is 839 g/mol. The summed E-state index contributed by atoms with van der Waals surface area (Å²) in [5, 5.41) is 29.0. The number of hydrogen-bond acceptors (Lipinski definition) is 3. The van der Waals surface area contributed by atoms with Crippen molar-refractivity contribution in [3.05, 3.63) is 235 Å². The predicted octanol–water partition coefficient (Wildman–Crippen LogP) is 16.8. The van der Waals surface area contributed by atoms with Gasteiger partial charge in [0.05, 0.1) is 23.3 Å². The van der Waals surface area contributed by atoms with Crippen molar-refractivity contribution in [2.24, 2.45) is 0 Å². The zero-order chi connectivity index (χ0) is 44.5. The van der Waals surface area contributed by atoms with Gasteiger partial charge in [-0.05, 0) is 172 Å². The van der Waals surface area contributed by atoms with Crippen LogP contribution in [0, 0.1) is 22.7 Å². The normalized spacial score (nSPS) is 12.5. The molecule has 0 spiro atoms. The van der Waals surface area contributed by atoms with Crippen LogP contribution in [0.15, 0.2) is 212 Å². The lowest BCUT2D eigenvalue weighted by Gasteiger charge is -2.28. The van der Waals surface area contributed by atoms with Crippen LogP contribution in [0.3, 0.4) is 0 Å². The minimum absolute atomic E-state index is 0.305. The molecule has 0 aliphatic heterocycles. The third kappa shape index (κ3) is 6.10. The van der Waals surface area contributed by atoms with Crippen LogP contribution in [0.25, 0.3) is 87.6 Å². The predicted molar refractivity (Wildman–Crippen MR) is 274 cm³/mol. The Bertz CT molecular complexity index is 3800. The maximum Gasteiger partial charge on any atom is 0.0991 e. The Kier molecular flexibility index (Phi) is 8.96. The lowest BCUT2D eigenvalue weighted by molar-refractivity contribution is 0.660. The molecule has 0 aromatic heterocycles. The summed E-state index contributed by atoms with van der Waals surface area (Å²) in [6.45, 7) is 4.67. The number of benzene rings is 11. The molecule has 1 aliphatic rings. The molecule has 0 amide bonds. The molecule has 0 unspecified atom stereocenters. The highest BCUT2D eigenvalue weighted by Gasteiger charge is 2.36. The van der Waals surface area contributed by atoms with E-state index < -0.39 is 0 Å². The van der Waals surface area contributed by atoms with Gasteiger partial charge in [-0.15, -0.1) is 0 Å². The molecule has 0 atom stereocenters. The van der Waals surface area contributed by atoms with Crippen LogP contribution in [-0.4, -0.2) is 0 Å². The van der Waals surface area contributed by atoms with Gasteiger partial charge in [-0.3, -0.25) is 0 Å². The summed E-state index contributed by atoms with van der Waals surface area (Å²) in [4.78, 5) is 2.20. The van der Waals surface area contributed by atoms with Crippen LogP contribution in [-0.2, 0) is 5.41 Å². The maximum atomic E-state index is 9.57. The zero-order valence-corrected chi connectivity index (χ0v) is 36.5. The van der Waals surface area contributed by atoms with Gasteiger partial charge in [0.2, 0.25) is 0 Å². The molecule has 66 heavy (non-hydrogen) atoms.